The van der Waals surface area contributed by atoms with Crippen LogP contribution in [0.15, 0.2) is 0 Å². The van der Waals surface area contributed by atoms with Crippen LogP contribution in [0.25, 0.3) is 0 Å². The summed E-state index contributed by atoms with van der Waals surface area (Å²) >= 11 is 1.62. The molecule has 0 aromatic heterocycles. The number of thioether (sulfide) groups is 1. The summed E-state index contributed by atoms with van der Waals surface area (Å²) in [5.74, 6) is 0.0810. The first-order valence-corrected chi connectivity index (χ1v) is 7.56. The predicted molar refractivity (Wildman–Crippen MR) is 70.4 cm³/mol. The lowest BCUT2D eigenvalue weighted by molar-refractivity contribution is -0.148. The molecule has 18 heavy (non-hydrogen) atoms. The van der Waals surface area contributed by atoms with E-state index in [0.29, 0.717) is 11.7 Å². The third kappa shape index (κ3) is 2.98. The number of carboxylic acids is 1. The Labute approximate surface area is 111 Å². The van der Waals surface area contributed by atoms with Gasteiger partial charge in [0.25, 0.3) is 0 Å². The second-order valence-corrected chi connectivity index (χ2v) is 6.04. The summed E-state index contributed by atoms with van der Waals surface area (Å²) in [6.45, 7) is 3.08. The molecule has 2 atom stereocenters. The van der Waals surface area contributed by atoms with Gasteiger partial charge in [0.1, 0.15) is 6.04 Å². The van der Waals surface area contributed by atoms with Gasteiger partial charge in [-0.1, -0.05) is 6.92 Å². The number of hydrogen-bond acceptors (Lipinski definition) is 4. The van der Waals surface area contributed by atoms with Crippen LogP contribution in [0.3, 0.4) is 0 Å². The van der Waals surface area contributed by atoms with Crippen molar-refractivity contribution in [2.24, 2.45) is 5.92 Å². The number of rotatable bonds is 6. The summed E-state index contributed by atoms with van der Waals surface area (Å²) in [7, 11) is 0. The van der Waals surface area contributed by atoms with E-state index in [4.69, 9.17) is 0 Å². The first-order chi connectivity index (χ1) is 8.65. The van der Waals surface area contributed by atoms with Gasteiger partial charge < -0.3 is 15.3 Å². The molecule has 1 aliphatic heterocycles. The Balaban J connectivity index is 1.98. The van der Waals surface area contributed by atoms with Crippen molar-refractivity contribution in [2.75, 3.05) is 18.8 Å². The molecule has 0 bridgehead atoms. The molecule has 0 radical (unpaired) electrons. The molecule has 1 amide bonds. The zero-order valence-electron chi connectivity index (χ0n) is 10.6. The molecule has 1 aliphatic carbocycles. The number of carboxylic acid groups (broad SMARTS) is 1. The Hall–Kier alpha value is -0.750. The molecule has 2 fully saturated rings. The fraction of sp³-hybridized carbons (Fsp3) is 0.833. The van der Waals surface area contributed by atoms with Crippen LogP contribution in [0.4, 0.5) is 0 Å². The van der Waals surface area contributed by atoms with Crippen LogP contribution in [0.2, 0.25) is 0 Å². The van der Waals surface area contributed by atoms with Crippen LogP contribution >= 0.6 is 11.8 Å². The largest absolute Gasteiger partial charge is 0.480 e. The van der Waals surface area contributed by atoms with Crippen molar-refractivity contribution >= 4 is 23.6 Å². The zero-order chi connectivity index (χ0) is 13.1. The van der Waals surface area contributed by atoms with E-state index in [2.05, 4.69) is 5.32 Å². The fourth-order valence-corrected chi connectivity index (χ4v) is 3.89. The summed E-state index contributed by atoms with van der Waals surface area (Å²) < 4.78 is 0. The van der Waals surface area contributed by atoms with Gasteiger partial charge in [0, 0.05) is 5.75 Å². The molecular weight excluding hydrogens is 252 g/mol. The van der Waals surface area contributed by atoms with Gasteiger partial charge in [0.15, 0.2) is 0 Å². The van der Waals surface area contributed by atoms with Crippen LogP contribution < -0.4 is 5.32 Å². The third-order valence-corrected chi connectivity index (χ3v) is 4.80. The van der Waals surface area contributed by atoms with Gasteiger partial charge >= 0.3 is 5.97 Å². The highest BCUT2D eigenvalue weighted by Gasteiger charge is 2.47. The lowest BCUT2D eigenvalue weighted by Gasteiger charge is -2.27. The number of amides is 1. The van der Waals surface area contributed by atoms with Gasteiger partial charge in [0.05, 0.1) is 11.9 Å². The van der Waals surface area contributed by atoms with Gasteiger partial charge in [-0.15, -0.1) is 11.8 Å². The van der Waals surface area contributed by atoms with E-state index in [0.717, 1.165) is 25.8 Å². The van der Waals surface area contributed by atoms with E-state index in [1.54, 1.807) is 16.7 Å². The van der Waals surface area contributed by atoms with E-state index < -0.39 is 12.0 Å². The van der Waals surface area contributed by atoms with Crippen molar-refractivity contribution in [1.29, 1.82) is 0 Å². The summed E-state index contributed by atoms with van der Waals surface area (Å²) in [5, 5.41) is 12.3. The van der Waals surface area contributed by atoms with Crippen molar-refractivity contribution in [3.8, 4) is 0 Å². The Bertz CT molecular complexity index is 333. The predicted octanol–water partition coefficient (Wildman–Crippen LogP) is 0.751. The van der Waals surface area contributed by atoms with Crippen molar-refractivity contribution in [2.45, 2.75) is 37.6 Å². The maximum absolute atomic E-state index is 12.2. The molecule has 1 saturated carbocycles. The van der Waals surface area contributed by atoms with Gasteiger partial charge in [-0.3, -0.25) is 4.79 Å². The molecule has 0 aromatic carbocycles. The summed E-state index contributed by atoms with van der Waals surface area (Å²) in [5.41, 5.74) is 0. The molecule has 2 unspecified atom stereocenters. The van der Waals surface area contributed by atoms with E-state index >= 15 is 0 Å². The quantitative estimate of drug-likeness (QED) is 0.698. The van der Waals surface area contributed by atoms with Crippen molar-refractivity contribution in [1.82, 2.24) is 10.2 Å². The number of aliphatic carboxylic acids is 1. The molecule has 0 aromatic rings. The summed E-state index contributed by atoms with van der Waals surface area (Å²) in [6.07, 6.45) is 3.21. The molecular formula is C12H20N2O3S. The van der Waals surface area contributed by atoms with E-state index in [1.165, 1.54) is 0 Å². The van der Waals surface area contributed by atoms with E-state index in [-0.39, 0.29) is 17.8 Å². The number of carbonyl (C=O) groups is 2. The average molecular weight is 272 g/mol. The Morgan fingerprint density at radius 3 is 2.72 bits per heavy atom. The van der Waals surface area contributed by atoms with Crippen LogP contribution in [-0.2, 0) is 9.59 Å². The lowest BCUT2D eigenvalue weighted by atomic mass is 10.2. The molecule has 2 aliphatic rings. The first-order valence-electron chi connectivity index (χ1n) is 6.51. The molecule has 0 spiro atoms. The molecule has 2 rings (SSSR count). The average Bonchev–Trinajstić information content (AvgIpc) is 3.07. The van der Waals surface area contributed by atoms with E-state index in [1.807, 2.05) is 6.92 Å². The van der Waals surface area contributed by atoms with Crippen LogP contribution in [0.1, 0.15) is 26.2 Å². The molecule has 5 nitrogen and oxygen atoms in total. The molecule has 6 heteroatoms. The second-order valence-electron chi connectivity index (χ2n) is 4.89. The topological polar surface area (TPSA) is 69.6 Å². The number of nitrogens with one attached hydrogen (secondary N) is 1. The highest BCUT2D eigenvalue weighted by Crippen LogP contribution is 2.45. The SMILES string of the molecule is CCCNCC(=O)N1C(C(=O)O)CSC1C1CC1. The van der Waals surface area contributed by atoms with Crippen LogP contribution in [0, 0.1) is 5.92 Å². The minimum absolute atomic E-state index is 0.0715. The highest BCUT2D eigenvalue weighted by molar-refractivity contribution is 8.00. The lowest BCUT2D eigenvalue weighted by Crippen LogP contribution is -2.49. The van der Waals surface area contributed by atoms with Gasteiger partial charge in [-0.25, -0.2) is 4.79 Å². The minimum atomic E-state index is -0.880. The summed E-state index contributed by atoms with van der Waals surface area (Å²) in [4.78, 5) is 25.0. The molecule has 1 saturated heterocycles. The van der Waals surface area contributed by atoms with Gasteiger partial charge in [0.2, 0.25) is 5.91 Å². The summed E-state index contributed by atoms with van der Waals surface area (Å²) in [6, 6.07) is -0.642. The van der Waals surface area contributed by atoms with Gasteiger partial charge in [-0.05, 0) is 31.7 Å². The number of carbonyl (C=O) groups excluding carboxylic acids is 1. The van der Waals surface area contributed by atoms with Crippen molar-refractivity contribution in [3.05, 3.63) is 0 Å². The zero-order valence-corrected chi connectivity index (χ0v) is 11.4. The maximum atomic E-state index is 12.2. The smallest absolute Gasteiger partial charge is 0.327 e. The molecule has 1 heterocycles. The van der Waals surface area contributed by atoms with E-state index in [9.17, 15) is 14.7 Å². The molecule has 2 N–H and O–H groups in total. The number of hydrogen-bond donors (Lipinski definition) is 2. The van der Waals surface area contributed by atoms with Crippen LogP contribution in [0.5, 0.6) is 0 Å². The maximum Gasteiger partial charge on any atom is 0.327 e. The Morgan fingerprint density at radius 2 is 2.17 bits per heavy atom. The van der Waals surface area contributed by atoms with Crippen molar-refractivity contribution in [3.63, 3.8) is 0 Å². The first kappa shape index (κ1) is 13.7. The van der Waals surface area contributed by atoms with Crippen LogP contribution in [-0.4, -0.2) is 52.1 Å². The third-order valence-electron chi connectivity index (χ3n) is 3.34. The fourth-order valence-electron chi connectivity index (χ4n) is 2.24. The highest BCUT2D eigenvalue weighted by atomic mass is 32.2. The second kappa shape index (κ2) is 5.93. The Morgan fingerprint density at radius 1 is 1.44 bits per heavy atom. The van der Waals surface area contributed by atoms with Gasteiger partial charge in [-0.2, -0.15) is 0 Å². The minimum Gasteiger partial charge on any atom is -0.480 e. The monoisotopic (exact) mass is 272 g/mol. The number of nitrogens with zero attached hydrogens (tertiary/aromatic N) is 1. The standard InChI is InChI=1S/C12H20N2O3S/c1-2-5-13-6-10(15)14-9(12(16)17)7-18-11(14)8-3-4-8/h8-9,11,13H,2-7H2,1H3,(H,16,17). The normalized spacial score (nSPS) is 27.5. The van der Waals surface area contributed by atoms with Crippen molar-refractivity contribution < 1.29 is 14.7 Å². The molecule has 102 valence electrons. The Kier molecular flexibility index (Phi) is 4.50.